The number of aliphatic hydroxyl groups excluding tert-OH is 2. The summed E-state index contributed by atoms with van der Waals surface area (Å²) >= 11 is 0. The first-order valence-electron chi connectivity index (χ1n) is 27.1. The van der Waals surface area contributed by atoms with E-state index in [4.69, 9.17) is 4.74 Å². The van der Waals surface area contributed by atoms with E-state index in [2.05, 4.69) is 74.7 Å². The Hall–Kier alpha value is -4.00. The fourth-order valence-corrected chi connectivity index (χ4v) is 7.44. The van der Waals surface area contributed by atoms with Crippen LogP contribution >= 0.6 is 0 Å². The average Bonchev–Trinajstić information content (AvgIpc) is 3.32. The van der Waals surface area contributed by atoms with Gasteiger partial charge in [0.25, 0.3) is 0 Å². The van der Waals surface area contributed by atoms with Crippen LogP contribution < -0.4 is 5.32 Å². The summed E-state index contributed by atoms with van der Waals surface area (Å²) in [7, 11) is 0. The van der Waals surface area contributed by atoms with E-state index in [0.717, 1.165) is 83.5 Å². The Morgan fingerprint density at radius 1 is 0.448 bits per heavy atom. The Bertz CT molecular complexity index is 1460. The third kappa shape index (κ3) is 48.3. The van der Waals surface area contributed by atoms with Crippen LogP contribution in [0.15, 0.2) is 134 Å². The van der Waals surface area contributed by atoms with Crippen molar-refractivity contribution in [2.45, 2.75) is 232 Å². The molecule has 0 saturated carbocycles. The number of allylic oxidation sites excluding steroid dienone is 22. The van der Waals surface area contributed by atoms with Crippen LogP contribution in [0.25, 0.3) is 0 Å². The molecule has 0 aromatic rings. The lowest BCUT2D eigenvalue weighted by atomic mass is 10.0. The number of ether oxygens (including phenoxy) is 1. The van der Waals surface area contributed by atoms with Gasteiger partial charge in [0, 0.05) is 6.42 Å². The van der Waals surface area contributed by atoms with Gasteiger partial charge in [-0.1, -0.05) is 276 Å². The minimum Gasteiger partial charge on any atom is -0.462 e. The van der Waals surface area contributed by atoms with Crippen molar-refractivity contribution in [3.05, 3.63) is 134 Å². The summed E-state index contributed by atoms with van der Waals surface area (Å²) in [5.74, 6) is -0.590. The molecule has 0 bridgehead atoms. The van der Waals surface area contributed by atoms with E-state index in [1.807, 2.05) is 85.1 Å². The van der Waals surface area contributed by atoms with Crippen molar-refractivity contribution in [1.82, 2.24) is 5.32 Å². The maximum absolute atomic E-state index is 13.2. The highest BCUT2D eigenvalue weighted by atomic mass is 16.5. The van der Waals surface area contributed by atoms with Gasteiger partial charge in [-0.05, 0) is 57.8 Å². The first kappa shape index (κ1) is 63.0. The fourth-order valence-electron chi connectivity index (χ4n) is 7.44. The molecule has 6 heteroatoms. The van der Waals surface area contributed by atoms with E-state index >= 15 is 0 Å². The van der Waals surface area contributed by atoms with Gasteiger partial charge in [-0.2, -0.15) is 0 Å². The topological polar surface area (TPSA) is 95.9 Å². The minimum absolute atomic E-state index is 0.00664. The van der Waals surface area contributed by atoms with E-state index in [0.29, 0.717) is 19.3 Å². The molecule has 0 aromatic heterocycles. The van der Waals surface area contributed by atoms with Gasteiger partial charge in [0.1, 0.15) is 6.10 Å². The number of aliphatic hydroxyl groups is 2. The third-order valence-corrected chi connectivity index (χ3v) is 11.5. The number of hydrogen-bond donors (Lipinski definition) is 3. The Morgan fingerprint density at radius 3 is 1.31 bits per heavy atom. The van der Waals surface area contributed by atoms with Gasteiger partial charge >= 0.3 is 5.97 Å². The molecular weight excluding hydrogens is 827 g/mol. The Labute approximate surface area is 412 Å². The van der Waals surface area contributed by atoms with Crippen molar-refractivity contribution in [3.63, 3.8) is 0 Å². The van der Waals surface area contributed by atoms with Crippen molar-refractivity contribution in [1.29, 1.82) is 0 Å². The van der Waals surface area contributed by atoms with Gasteiger partial charge in [-0.25, -0.2) is 0 Å². The van der Waals surface area contributed by atoms with E-state index in [-0.39, 0.29) is 24.9 Å². The Morgan fingerprint density at radius 2 is 0.851 bits per heavy atom. The number of unbranched alkanes of at least 4 members (excludes halogenated alkanes) is 21. The molecule has 3 unspecified atom stereocenters. The quantitative estimate of drug-likeness (QED) is 0.0321. The van der Waals surface area contributed by atoms with Crippen molar-refractivity contribution in [3.8, 4) is 0 Å². The molecule has 0 heterocycles. The molecule has 0 aliphatic heterocycles. The molecule has 0 fully saturated rings. The highest BCUT2D eigenvalue weighted by Gasteiger charge is 2.24. The normalized spacial score (nSPS) is 14.3. The van der Waals surface area contributed by atoms with Crippen LogP contribution in [0.4, 0.5) is 0 Å². The Balaban J connectivity index is 4.78. The summed E-state index contributed by atoms with van der Waals surface area (Å²) in [6.07, 6.45) is 75.0. The summed E-state index contributed by atoms with van der Waals surface area (Å²) < 4.78 is 5.90. The van der Waals surface area contributed by atoms with Crippen molar-refractivity contribution < 1.29 is 24.5 Å². The van der Waals surface area contributed by atoms with Gasteiger partial charge < -0.3 is 20.3 Å². The van der Waals surface area contributed by atoms with Crippen LogP contribution in [0.5, 0.6) is 0 Å². The van der Waals surface area contributed by atoms with Gasteiger partial charge in [0.15, 0.2) is 0 Å². The van der Waals surface area contributed by atoms with Gasteiger partial charge in [0.2, 0.25) is 5.91 Å². The van der Waals surface area contributed by atoms with Gasteiger partial charge in [-0.15, -0.1) is 0 Å². The van der Waals surface area contributed by atoms with Crippen molar-refractivity contribution in [2.75, 3.05) is 6.61 Å². The zero-order chi connectivity index (χ0) is 48.8. The highest BCUT2D eigenvalue weighted by Crippen LogP contribution is 2.17. The van der Waals surface area contributed by atoms with Crippen LogP contribution in [0.2, 0.25) is 0 Å². The van der Waals surface area contributed by atoms with Gasteiger partial charge in [0.05, 0.1) is 25.2 Å². The third-order valence-electron chi connectivity index (χ3n) is 11.5. The summed E-state index contributed by atoms with van der Waals surface area (Å²) in [6, 6.07) is -0.742. The first-order valence-corrected chi connectivity index (χ1v) is 27.1. The maximum atomic E-state index is 13.2. The lowest BCUT2D eigenvalue weighted by Crippen LogP contribution is -2.46. The smallest absolute Gasteiger partial charge is 0.306 e. The van der Waals surface area contributed by atoms with Crippen molar-refractivity contribution in [2.24, 2.45) is 0 Å². The molecule has 0 spiro atoms. The second kappa shape index (κ2) is 53.0. The highest BCUT2D eigenvalue weighted by molar-refractivity contribution is 5.77. The molecule has 0 rings (SSSR count). The summed E-state index contributed by atoms with van der Waals surface area (Å²) in [6.45, 7) is 6.22. The lowest BCUT2D eigenvalue weighted by Gasteiger charge is -2.24. The Kier molecular flexibility index (Phi) is 49.8. The molecule has 0 aromatic carbocycles. The lowest BCUT2D eigenvalue weighted by molar-refractivity contribution is -0.151. The summed E-state index contributed by atoms with van der Waals surface area (Å²) in [5.41, 5.74) is 0. The number of rotatable bonds is 46. The zero-order valence-corrected chi connectivity index (χ0v) is 43.0. The predicted molar refractivity (Wildman–Crippen MR) is 291 cm³/mol. The number of hydrogen-bond acceptors (Lipinski definition) is 5. The predicted octanol–water partition coefficient (Wildman–Crippen LogP) is 16.6. The minimum atomic E-state index is -0.823. The molecule has 378 valence electrons. The van der Waals surface area contributed by atoms with E-state index in [1.165, 1.54) is 83.5 Å². The van der Waals surface area contributed by atoms with Crippen LogP contribution in [0.3, 0.4) is 0 Å². The molecular formula is C61H99NO5. The largest absolute Gasteiger partial charge is 0.462 e. The molecule has 1 amide bonds. The standard InChI is InChI=1S/C61H99NO5/c1-4-7-10-13-16-19-22-25-28-29-30-33-36-39-42-45-48-51-54-61(66)67-57(52-49-46-43-40-37-34-31-26-23-20-17-14-11-8-5-2)55-60(65)62-58(56-63)59(64)53-50-47-44-41-38-35-32-27-24-21-18-15-12-9-6-3/h8,10-11,13-14,16-17,19-20,22-23,25-26,28-31,33-34,37,40,43,57-59,63-64H,4-7,9,12,15,18,21,24,27,32,35-36,38-39,41-42,44-56H2,1-3H3,(H,62,65)/b11-8-,13-10+,17-14+,19-16+,23-20+,25-22+,29-28+,31-26-,33-30+,37-34+,43-40+. The van der Waals surface area contributed by atoms with Crippen LogP contribution in [-0.2, 0) is 14.3 Å². The number of carbonyl (C=O) groups is 2. The SMILES string of the molecule is CC\C=C/C=C/C=C/C=C\C=C\C=C\CCCC(CC(=O)NC(CO)C(O)CCCCCCCCCCCCCCCCC)OC(=O)CCCCCCC/C=C/C=C/C=C/C=C/C=C/CCC. The van der Waals surface area contributed by atoms with E-state index in [9.17, 15) is 19.8 Å². The van der Waals surface area contributed by atoms with Gasteiger partial charge in [-0.3, -0.25) is 9.59 Å². The van der Waals surface area contributed by atoms with E-state index < -0.39 is 18.2 Å². The molecule has 0 aliphatic rings. The fraction of sp³-hybridized carbons (Fsp3) is 0.607. The molecule has 0 radical (unpaired) electrons. The number of nitrogens with one attached hydrogen (secondary N) is 1. The van der Waals surface area contributed by atoms with Crippen LogP contribution in [-0.4, -0.2) is 46.9 Å². The molecule has 0 aliphatic carbocycles. The van der Waals surface area contributed by atoms with Crippen LogP contribution in [0.1, 0.15) is 213 Å². The molecule has 67 heavy (non-hydrogen) atoms. The number of esters is 1. The first-order chi connectivity index (χ1) is 33.0. The maximum Gasteiger partial charge on any atom is 0.306 e. The molecule has 3 N–H and O–H groups in total. The summed E-state index contributed by atoms with van der Waals surface area (Å²) in [5, 5.41) is 23.8. The van der Waals surface area contributed by atoms with E-state index in [1.54, 1.807) is 0 Å². The number of carbonyl (C=O) groups excluding carboxylic acids is 2. The molecule has 6 nitrogen and oxygen atoms in total. The zero-order valence-electron chi connectivity index (χ0n) is 43.0. The molecule has 0 saturated heterocycles. The average molecular weight is 926 g/mol. The second-order valence-electron chi connectivity index (χ2n) is 17.8. The molecule has 3 atom stereocenters. The number of amides is 1. The second-order valence-corrected chi connectivity index (χ2v) is 17.8. The van der Waals surface area contributed by atoms with Crippen molar-refractivity contribution >= 4 is 11.9 Å². The van der Waals surface area contributed by atoms with Crippen LogP contribution in [0, 0.1) is 0 Å². The monoisotopic (exact) mass is 926 g/mol. The summed E-state index contributed by atoms with van der Waals surface area (Å²) in [4.78, 5) is 26.2.